The molecule has 1 atom stereocenters. The van der Waals surface area contributed by atoms with Gasteiger partial charge in [-0.05, 0) is 31.5 Å². The van der Waals surface area contributed by atoms with Crippen molar-refractivity contribution in [2.75, 3.05) is 0 Å². The maximum absolute atomic E-state index is 12.4. The fraction of sp³-hybridized carbons (Fsp3) is 0.125. The molecule has 1 aliphatic rings. The third-order valence-electron chi connectivity index (χ3n) is 5.71. The molecule has 3 aromatic heterocycles. The van der Waals surface area contributed by atoms with Crippen molar-refractivity contribution in [1.29, 1.82) is 0 Å². The standard InChI is InChI=1S/C24H18N6O2/c1-14-18-19(16-9-5-3-6-10-16)20-21-26-22(31)15(2)27-29(21)13-25-23(20)32-24(18)30(28-14)17-11-7-4-8-12-17/h3-13,19H,1-2H3. The molecule has 8 heteroatoms. The van der Waals surface area contributed by atoms with Crippen molar-refractivity contribution in [1.82, 2.24) is 29.4 Å². The van der Waals surface area contributed by atoms with Crippen LogP contribution in [-0.4, -0.2) is 29.4 Å². The van der Waals surface area contributed by atoms with Crippen molar-refractivity contribution in [2.45, 2.75) is 19.8 Å². The molecular weight excluding hydrogens is 404 g/mol. The Morgan fingerprint density at radius 3 is 2.34 bits per heavy atom. The molecule has 6 rings (SSSR count). The molecule has 32 heavy (non-hydrogen) atoms. The second-order valence-electron chi connectivity index (χ2n) is 7.73. The van der Waals surface area contributed by atoms with E-state index in [-0.39, 0.29) is 11.5 Å². The van der Waals surface area contributed by atoms with Crippen LogP contribution in [0, 0.1) is 13.8 Å². The first-order valence-electron chi connectivity index (χ1n) is 10.3. The summed E-state index contributed by atoms with van der Waals surface area (Å²) in [5.41, 5.74) is 4.73. The van der Waals surface area contributed by atoms with E-state index in [1.165, 1.54) is 10.8 Å². The largest absolute Gasteiger partial charge is 0.420 e. The predicted octanol–water partition coefficient (Wildman–Crippen LogP) is 3.57. The Bertz CT molecular complexity index is 1540. The molecule has 8 nitrogen and oxygen atoms in total. The number of ether oxygens (including phenoxy) is 1. The zero-order valence-electron chi connectivity index (χ0n) is 17.4. The maximum Gasteiger partial charge on any atom is 0.294 e. The molecule has 0 bridgehead atoms. The van der Waals surface area contributed by atoms with Crippen LogP contribution in [0.3, 0.4) is 0 Å². The highest BCUT2D eigenvalue weighted by Crippen LogP contribution is 2.49. The fourth-order valence-electron chi connectivity index (χ4n) is 4.26. The van der Waals surface area contributed by atoms with Gasteiger partial charge in [0.25, 0.3) is 5.56 Å². The molecule has 1 aliphatic heterocycles. The molecular formula is C24H18N6O2. The smallest absolute Gasteiger partial charge is 0.294 e. The van der Waals surface area contributed by atoms with Gasteiger partial charge in [-0.1, -0.05) is 48.5 Å². The summed E-state index contributed by atoms with van der Waals surface area (Å²) in [5.74, 6) is 0.725. The first-order chi connectivity index (χ1) is 15.6. The molecule has 0 saturated heterocycles. The molecule has 0 aliphatic carbocycles. The Morgan fingerprint density at radius 2 is 1.59 bits per heavy atom. The number of nitrogens with zero attached hydrogens (tertiary/aromatic N) is 6. The quantitative estimate of drug-likeness (QED) is 0.424. The molecule has 0 radical (unpaired) electrons. The van der Waals surface area contributed by atoms with E-state index in [9.17, 15) is 4.79 Å². The van der Waals surface area contributed by atoms with Crippen LogP contribution in [-0.2, 0) is 0 Å². The van der Waals surface area contributed by atoms with Crippen LogP contribution in [0.4, 0.5) is 0 Å². The van der Waals surface area contributed by atoms with E-state index < -0.39 is 0 Å². The summed E-state index contributed by atoms with van der Waals surface area (Å²) in [6.07, 6.45) is 1.52. The molecule has 1 unspecified atom stereocenters. The molecule has 0 spiro atoms. The van der Waals surface area contributed by atoms with Gasteiger partial charge in [-0.15, -0.1) is 0 Å². The van der Waals surface area contributed by atoms with Crippen LogP contribution in [0.25, 0.3) is 11.3 Å². The van der Waals surface area contributed by atoms with Crippen LogP contribution in [0.2, 0.25) is 0 Å². The summed E-state index contributed by atoms with van der Waals surface area (Å²) < 4.78 is 9.65. The van der Waals surface area contributed by atoms with Crippen molar-refractivity contribution < 1.29 is 4.74 Å². The molecule has 0 saturated carbocycles. The van der Waals surface area contributed by atoms with Crippen molar-refractivity contribution in [3.05, 3.63) is 105 Å². The van der Waals surface area contributed by atoms with Crippen LogP contribution >= 0.6 is 0 Å². The molecule has 2 aromatic carbocycles. The van der Waals surface area contributed by atoms with E-state index >= 15 is 0 Å². The van der Waals surface area contributed by atoms with Crippen LogP contribution in [0.1, 0.15) is 34.0 Å². The first kappa shape index (κ1) is 18.4. The lowest BCUT2D eigenvalue weighted by Gasteiger charge is -2.26. The fourth-order valence-corrected chi connectivity index (χ4v) is 4.26. The number of aromatic nitrogens is 6. The van der Waals surface area contributed by atoms with Gasteiger partial charge in [0.1, 0.15) is 12.0 Å². The molecule has 5 aromatic rings. The second-order valence-corrected chi connectivity index (χ2v) is 7.73. The number of rotatable bonds is 2. The topological polar surface area (TPSA) is 87.2 Å². The van der Waals surface area contributed by atoms with Crippen molar-refractivity contribution in [3.8, 4) is 17.4 Å². The van der Waals surface area contributed by atoms with Gasteiger partial charge >= 0.3 is 0 Å². The normalized spacial score (nSPS) is 14.6. The van der Waals surface area contributed by atoms with Gasteiger partial charge in [-0.25, -0.2) is 14.2 Å². The molecule has 0 fully saturated rings. The molecule has 0 N–H and O–H groups in total. The van der Waals surface area contributed by atoms with Crippen molar-refractivity contribution in [3.63, 3.8) is 0 Å². The third kappa shape index (κ3) is 2.66. The van der Waals surface area contributed by atoms with Crippen LogP contribution in [0.15, 0.2) is 71.8 Å². The van der Waals surface area contributed by atoms with E-state index in [4.69, 9.17) is 9.84 Å². The monoisotopic (exact) mass is 422 g/mol. The lowest BCUT2D eigenvalue weighted by Crippen LogP contribution is -2.22. The van der Waals surface area contributed by atoms with Crippen molar-refractivity contribution >= 4 is 5.65 Å². The van der Waals surface area contributed by atoms with Gasteiger partial charge in [0.05, 0.1) is 28.4 Å². The van der Waals surface area contributed by atoms with E-state index in [0.717, 1.165) is 22.5 Å². The minimum atomic E-state index is -0.368. The Balaban J connectivity index is 1.69. The summed E-state index contributed by atoms with van der Waals surface area (Å²) in [5, 5.41) is 9.14. The number of fused-ring (bicyclic) bond motifs is 4. The Morgan fingerprint density at radius 1 is 0.875 bits per heavy atom. The van der Waals surface area contributed by atoms with Gasteiger partial charge in [-0.3, -0.25) is 4.79 Å². The minimum Gasteiger partial charge on any atom is -0.420 e. The first-order valence-corrected chi connectivity index (χ1v) is 10.3. The highest BCUT2D eigenvalue weighted by Gasteiger charge is 2.37. The Labute approximate surface area is 182 Å². The summed E-state index contributed by atoms with van der Waals surface area (Å²) in [6.45, 7) is 3.60. The van der Waals surface area contributed by atoms with E-state index in [0.29, 0.717) is 28.7 Å². The number of para-hydroxylation sites is 1. The number of hydrogen-bond acceptors (Lipinski definition) is 6. The Kier molecular flexibility index (Phi) is 3.94. The van der Waals surface area contributed by atoms with E-state index in [1.807, 2.05) is 67.6 Å². The van der Waals surface area contributed by atoms with Gasteiger partial charge in [0.2, 0.25) is 11.8 Å². The minimum absolute atomic E-state index is 0.271. The predicted molar refractivity (Wildman–Crippen MR) is 118 cm³/mol. The number of aryl methyl sites for hydroxylation is 2. The summed E-state index contributed by atoms with van der Waals surface area (Å²) in [4.78, 5) is 21.3. The van der Waals surface area contributed by atoms with Crippen LogP contribution < -0.4 is 10.3 Å². The Hall–Kier alpha value is -4.33. The van der Waals surface area contributed by atoms with Gasteiger partial charge < -0.3 is 4.74 Å². The summed E-state index contributed by atoms with van der Waals surface area (Å²) in [6, 6.07) is 19.9. The lowest BCUT2D eigenvalue weighted by atomic mass is 9.84. The lowest BCUT2D eigenvalue weighted by molar-refractivity contribution is 0.402. The van der Waals surface area contributed by atoms with Crippen LogP contribution in [0.5, 0.6) is 11.8 Å². The SMILES string of the molecule is Cc1nn(-c2ccccc2)c2c1C(c1ccccc1)c1c(ncn3nc(C)c(=O)nc13)O2. The summed E-state index contributed by atoms with van der Waals surface area (Å²) in [7, 11) is 0. The van der Waals surface area contributed by atoms with Gasteiger partial charge in [0.15, 0.2) is 5.65 Å². The maximum atomic E-state index is 12.4. The highest BCUT2D eigenvalue weighted by atomic mass is 16.5. The van der Waals surface area contributed by atoms with Crippen molar-refractivity contribution in [2.24, 2.45) is 0 Å². The van der Waals surface area contributed by atoms with E-state index in [1.54, 1.807) is 11.6 Å². The molecule has 156 valence electrons. The van der Waals surface area contributed by atoms with E-state index in [2.05, 4.69) is 15.1 Å². The second kappa shape index (κ2) is 6.84. The number of benzene rings is 2. The average Bonchev–Trinajstić information content (AvgIpc) is 3.15. The average molecular weight is 422 g/mol. The van der Waals surface area contributed by atoms with Gasteiger partial charge in [0, 0.05) is 0 Å². The van der Waals surface area contributed by atoms with Gasteiger partial charge in [-0.2, -0.15) is 15.2 Å². The zero-order valence-corrected chi connectivity index (χ0v) is 17.4. The zero-order chi connectivity index (χ0) is 21.8. The molecule has 4 heterocycles. The third-order valence-corrected chi connectivity index (χ3v) is 5.71. The summed E-state index contributed by atoms with van der Waals surface area (Å²) >= 11 is 0. The highest BCUT2D eigenvalue weighted by molar-refractivity contribution is 5.66. The number of hydrogen-bond donors (Lipinski definition) is 0. The molecule has 0 amide bonds.